The number of carbonyl (C=O) groups excluding carboxylic acids is 2. The number of anilines is 5. The van der Waals surface area contributed by atoms with Crippen LogP contribution in [0.1, 0.15) is 38.9 Å². The third-order valence-corrected chi connectivity index (χ3v) is 10.4. The molecule has 7 aromatic carbocycles. The molecule has 0 amide bonds. The molecular weight excluding hydrogens is 767 g/mol. The number of esters is 2. The van der Waals surface area contributed by atoms with Crippen LogP contribution in [0.4, 0.5) is 28.4 Å². The number of ether oxygens (including phenoxy) is 2. The van der Waals surface area contributed by atoms with Crippen molar-refractivity contribution in [3.8, 4) is 0 Å². The third kappa shape index (κ3) is 11.9. The lowest BCUT2D eigenvalue weighted by Crippen LogP contribution is -2.11. The fourth-order valence-electron chi connectivity index (χ4n) is 6.93. The highest BCUT2D eigenvalue weighted by Crippen LogP contribution is 2.35. The number of hydrogen-bond acceptors (Lipinski definition) is 7. The summed E-state index contributed by atoms with van der Waals surface area (Å²) in [4.78, 5) is 25.2. The first kappa shape index (κ1) is 42.4. The Kier molecular flexibility index (Phi) is 14.7. The Morgan fingerprint density at radius 1 is 0.419 bits per heavy atom. The van der Waals surface area contributed by atoms with E-state index in [1.807, 2.05) is 71.9 Å². The van der Waals surface area contributed by atoms with E-state index in [2.05, 4.69) is 139 Å². The summed E-state index contributed by atoms with van der Waals surface area (Å²) in [5.41, 5.74) is 12.9. The maximum Gasteiger partial charge on any atom is 0.330 e. The molecule has 0 aliphatic heterocycles. The molecule has 0 N–H and O–H groups in total. The maximum absolute atomic E-state index is 11.4. The number of rotatable bonds is 19. The largest absolute Gasteiger partial charge is 0.458 e. The Labute approximate surface area is 364 Å². The molecule has 62 heavy (non-hydrogen) atoms. The van der Waals surface area contributed by atoms with E-state index in [1.165, 1.54) is 34.4 Å². The molecule has 0 atom stereocenters. The van der Waals surface area contributed by atoms with Crippen LogP contribution in [0.2, 0.25) is 0 Å². The van der Waals surface area contributed by atoms with Crippen molar-refractivity contribution in [1.29, 1.82) is 0 Å². The van der Waals surface area contributed by atoms with E-state index in [9.17, 15) is 9.59 Å². The topological polar surface area (TPSA) is 71.4 Å². The van der Waals surface area contributed by atoms with Crippen LogP contribution in [0.5, 0.6) is 0 Å². The predicted octanol–water partition coefficient (Wildman–Crippen LogP) is 12.4. The Morgan fingerprint density at radius 3 is 1.10 bits per heavy atom. The summed E-state index contributed by atoms with van der Waals surface area (Å²) in [6.07, 6.45) is 7.81. The van der Waals surface area contributed by atoms with Crippen LogP contribution in [0.25, 0.3) is 0 Å². The van der Waals surface area contributed by atoms with Crippen LogP contribution in [-0.4, -0.2) is 18.2 Å². The van der Waals surface area contributed by atoms with Crippen molar-refractivity contribution in [1.82, 2.24) is 0 Å². The first-order valence-electron chi connectivity index (χ1n) is 20.7. The lowest BCUT2D eigenvalue weighted by molar-refractivity contribution is -0.139. The van der Waals surface area contributed by atoms with E-state index < -0.39 is 11.9 Å². The lowest BCUT2D eigenvalue weighted by atomic mass is 10.0. The van der Waals surface area contributed by atoms with Gasteiger partial charge >= 0.3 is 11.9 Å². The Hall–Kier alpha value is -7.77. The van der Waals surface area contributed by atoms with Gasteiger partial charge in [-0.2, -0.15) is 5.10 Å². The van der Waals surface area contributed by atoms with Crippen molar-refractivity contribution in [2.75, 3.05) is 9.91 Å². The summed E-state index contributed by atoms with van der Waals surface area (Å²) in [7, 11) is 0. The van der Waals surface area contributed by atoms with Gasteiger partial charge in [-0.25, -0.2) is 14.6 Å². The van der Waals surface area contributed by atoms with Crippen LogP contribution in [0.15, 0.2) is 212 Å². The number of para-hydroxylation sites is 2. The van der Waals surface area contributed by atoms with E-state index in [4.69, 9.17) is 14.6 Å². The fourth-order valence-corrected chi connectivity index (χ4v) is 6.93. The van der Waals surface area contributed by atoms with Crippen LogP contribution < -0.4 is 9.91 Å². The lowest BCUT2D eigenvalue weighted by Gasteiger charge is -2.26. The summed E-state index contributed by atoms with van der Waals surface area (Å²) in [6, 6.07) is 62.7. The van der Waals surface area contributed by atoms with Crippen molar-refractivity contribution in [3.63, 3.8) is 0 Å². The van der Waals surface area contributed by atoms with Gasteiger partial charge in [0.1, 0.15) is 13.2 Å². The molecule has 0 aromatic heterocycles. The van der Waals surface area contributed by atoms with Gasteiger partial charge in [0.25, 0.3) is 0 Å². The van der Waals surface area contributed by atoms with Gasteiger partial charge in [0, 0.05) is 29.2 Å². The molecule has 0 unspecified atom stereocenters. The van der Waals surface area contributed by atoms with Crippen molar-refractivity contribution < 1.29 is 19.1 Å². The molecule has 7 rings (SSSR count). The maximum atomic E-state index is 11.4. The van der Waals surface area contributed by atoms with Gasteiger partial charge in [-0.05, 0) is 125 Å². The molecule has 0 aliphatic carbocycles. The zero-order valence-electron chi connectivity index (χ0n) is 34.7. The van der Waals surface area contributed by atoms with Gasteiger partial charge in [0.15, 0.2) is 0 Å². The highest BCUT2D eigenvalue weighted by molar-refractivity contribution is 5.84. The van der Waals surface area contributed by atoms with E-state index in [0.717, 1.165) is 70.8 Å². The van der Waals surface area contributed by atoms with Crippen molar-refractivity contribution in [2.24, 2.45) is 5.10 Å². The van der Waals surface area contributed by atoms with Gasteiger partial charge in [-0.15, -0.1) is 0 Å². The minimum absolute atomic E-state index is 0.233. The van der Waals surface area contributed by atoms with Gasteiger partial charge in [-0.1, -0.05) is 134 Å². The molecule has 7 nitrogen and oxygen atoms in total. The van der Waals surface area contributed by atoms with Crippen LogP contribution >= 0.6 is 0 Å². The van der Waals surface area contributed by atoms with Crippen LogP contribution in [0.3, 0.4) is 0 Å². The predicted molar refractivity (Wildman–Crippen MR) is 251 cm³/mol. The van der Waals surface area contributed by atoms with Gasteiger partial charge in [0.2, 0.25) is 0 Å². The second kappa shape index (κ2) is 21.5. The Morgan fingerprint density at radius 2 is 0.742 bits per heavy atom. The molecular formula is C55H49N3O4. The first-order chi connectivity index (χ1) is 30.4. The molecule has 7 heteroatoms. The van der Waals surface area contributed by atoms with Gasteiger partial charge in [-0.3, -0.25) is 0 Å². The smallest absolute Gasteiger partial charge is 0.330 e. The zero-order chi connectivity index (χ0) is 42.9. The highest BCUT2D eigenvalue weighted by atomic mass is 16.5. The monoisotopic (exact) mass is 815 g/mol. The fraction of sp³-hybridized carbons (Fsp3) is 0.109. The van der Waals surface area contributed by atoms with Crippen LogP contribution in [-0.2, 0) is 58.0 Å². The van der Waals surface area contributed by atoms with Crippen molar-refractivity contribution >= 4 is 46.6 Å². The summed E-state index contributed by atoms with van der Waals surface area (Å²) in [5.74, 6) is -0.848. The molecule has 0 saturated carbocycles. The number of benzene rings is 7. The molecule has 0 bridgehead atoms. The minimum Gasteiger partial charge on any atom is -0.458 e. The van der Waals surface area contributed by atoms with E-state index in [1.54, 1.807) is 0 Å². The number of nitrogens with zero attached hydrogens (tertiary/aromatic N) is 3. The molecule has 0 radical (unpaired) electrons. The molecule has 0 saturated heterocycles. The summed E-state index contributed by atoms with van der Waals surface area (Å²) in [5, 5.41) is 6.87. The second-order valence-corrected chi connectivity index (χ2v) is 14.7. The SMILES string of the molecule is C=CC(=O)OCc1ccc(CCc2ccc(N(c3ccc(C=NN(c4ccccc4)c4ccccc4)cc3)c3ccc(CCc4ccc(COC(=O)C=C)cc4)cc3)cc2)cc1. The zero-order valence-corrected chi connectivity index (χ0v) is 34.7. The summed E-state index contributed by atoms with van der Waals surface area (Å²) < 4.78 is 10.3. The van der Waals surface area contributed by atoms with E-state index in [-0.39, 0.29) is 13.2 Å². The Balaban J connectivity index is 1.07. The molecule has 0 spiro atoms. The minimum atomic E-state index is -0.424. The number of hydrazone groups is 1. The molecule has 7 aromatic rings. The number of aryl methyl sites for hydroxylation is 4. The van der Waals surface area contributed by atoms with Gasteiger partial charge in [0.05, 0.1) is 17.6 Å². The molecule has 0 aliphatic rings. The average molecular weight is 816 g/mol. The Bertz CT molecular complexity index is 2400. The van der Waals surface area contributed by atoms with Crippen molar-refractivity contribution in [2.45, 2.75) is 38.9 Å². The summed E-state index contributed by atoms with van der Waals surface area (Å²) >= 11 is 0. The van der Waals surface area contributed by atoms with E-state index >= 15 is 0 Å². The molecule has 308 valence electrons. The third-order valence-electron chi connectivity index (χ3n) is 10.4. The van der Waals surface area contributed by atoms with Crippen LogP contribution in [0, 0.1) is 0 Å². The van der Waals surface area contributed by atoms with Crippen molar-refractivity contribution in [3.05, 3.63) is 246 Å². The number of carbonyl (C=O) groups is 2. The number of hydrogen-bond donors (Lipinski definition) is 0. The van der Waals surface area contributed by atoms with E-state index in [0.29, 0.717) is 0 Å². The quantitative estimate of drug-likeness (QED) is 0.0350. The molecule has 0 fully saturated rings. The first-order valence-corrected chi connectivity index (χ1v) is 20.7. The van der Waals surface area contributed by atoms with Gasteiger partial charge < -0.3 is 14.4 Å². The summed E-state index contributed by atoms with van der Waals surface area (Å²) in [6.45, 7) is 7.37. The normalized spacial score (nSPS) is 10.8. The standard InChI is InChI=1S/C55H49N3O4/c1-3-54(59)61-40-47-23-19-42(20-24-47)15-17-44-27-33-49(34-28-44)57(50-35-29-45(30-36-50)18-16-43-21-25-48(26-22-43)41-62-55(60)4-2)51-37-31-46(32-38-51)39-56-58(52-11-7-5-8-12-52)53-13-9-6-10-14-53/h3-14,19-39H,1-2,15-18,40-41H2. The second-order valence-electron chi connectivity index (χ2n) is 14.7. The highest BCUT2D eigenvalue weighted by Gasteiger charge is 2.14. The molecule has 0 heterocycles. The average Bonchev–Trinajstić information content (AvgIpc) is 3.34.